The number of amides is 2. The highest BCUT2D eigenvalue weighted by atomic mass is 16.5. The summed E-state index contributed by atoms with van der Waals surface area (Å²) in [7, 11) is 3.13. The van der Waals surface area contributed by atoms with Crippen LogP contribution in [-0.4, -0.2) is 62.0 Å². The van der Waals surface area contributed by atoms with Crippen LogP contribution >= 0.6 is 0 Å². The van der Waals surface area contributed by atoms with Crippen LogP contribution < -0.4 is 9.47 Å². The van der Waals surface area contributed by atoms with Gasteiger partial charge in [0.2, 0.25) is 5.91 Å². The van der Waals surface area contributed by atoms with Gasteiger partial charge in [-0.1, -0.05) is 45.0 Å². The summed E-state index contributed by atoms with van der Waals surface area (Å²) in [5.41, 5.74) is 2.60. The molecule has 1 heterocycles. The number of piperazine rings is 1. The molecule has 0 aromatic heterocycles. The summed E-state index contributed by atoms with van der Waals surface area (Å²) < 4.78 is 10.6. The molecule has 0 radical (unpaired) electrons. The molecule has 0 unspecified atom stereocenters. The lowest BCUT2D eigenvalue weighted by Gasteiger charge is -2.37. The molecule has 2 aliphatic rings. The summed E-state index contributed by atoms with van der Waals surface area (Å²) >= 11 is 0. The van der Waals surface area contributed by atoms with Gasteiger partial charge in [-0.05, 0) is 41.5 Å². The Bertz CT molecular complexity index is 1030. The van der Waals surface area contributed by atoms with Crippen molar-refractivity contribution in [3.05, 3.63) is 59.2 Å². The minimum atomic E-state index is -0.387. The number of hydrogen-bond donors (Lipinski definition) is 0. The first kappa shape index (κ1) is 23.1. The molecule has 6 nitrogen and oxygen atoms in total. The summed E-state index contributed by atoms with van der Waals surface area (Å²) in [6.07, 6.45) is 1.78. The number of carbonyl (C=O) groups excluding carboxylic acids is 2. The smallest absolute Gasteiger partial charge is 0.257 e. The molecule has 2 amide bonds. The van der Waals surface area contributed by atoms with Crippen molar-refractivity contribution in [2.45, 2.75) is 44.4 Å². The zero-order valence-corrected chi connectivity index (χ0v) is 20.3. The van der Waals surface area contributed by atoms with Crippen LogP contribution in [0.2, 0.25) is 0 Å². The lowest BCUT2D eigenvalue weighted by molar-refractivity contribution is -0.135. The first-order valence-electron chi connectivity index (χ1n) is 11.6. The molecular formula is C27H34N2O4. The zero-order valence-electron chi connectivity index (χ0n) is 20.3. The summed E-state index contributed by atoms with van der Waals surface area (Å²) in [4.78, 5) is 30.3. The molecule has 1 aliphatic heterocycles. The maximum Gasteiger partial charge on any atom is 0.257 e. The predicted octanol–water partition coefficient (Wildman–Crippen LogP) is 4.02. The van der Waals surface area contributed by atoms with Gasteiger partial charge >= 0.3 is 0 Å². The van der Waals surface area contributed by atoms with Crippen molar-refractivity contribution in [3.63, 3.8) is 0 Å². The molecule has 6 heteroatoms. The summed E-state index contributed by atoms with van der Waals surface area (Å²) in [6, 6.07) is 13.8. The van der Waals surface area contributed by atoms with Crippen molar-refractivity contribution in [1.82, 2.24) is 9.80 Å². The largest absolute Gasteiger partial charge is 0.497 e. The van der Waals surface area contributed by atoms with Crippen LogP contribution in [0.1, 0.15) is 55.1 Å². The van der Waals surface area contributed by atoms with E-state index in [9.17, 15) is 9.59 Å². The Morgan fingerprint density at radius 1 is 0.848 bits per heavy atom. The third kappa shape index (κ3) is 4.43. The third-order valence-electron chi connectivity index (χ3n) is 6.96. The SMILES string of the molecule is COc1ccc(C(=O)N2CCN(C(=O)C3(c4ccc(C(C)(C)C)cc4)CC3)CC2)c(OC)c1. The molecule has 2 aromatic rings. The Hall–Kier alpha value is -3.02. The first-order valence-corrected chi connectivity index (χ1v) is 11.6. The van der Waals surface area contributed by atoms with Crippen molar-refractivity contribution in [3.8, 4) is 11.5 Å². The number of methoxy groups -OCH3 is 2. The van der Waals surface area contributed by atoms with E-state index in [1.54, 1.807) is 37.3 Å². The van der Waals surface area contributed by atoms with Crippen LogP contribution in [0.15, 0.2) is 42.5 Å². The average Bonchev–Trinajstić information content (AvgIpc) is 3.64. The topological polar surface area (TPSA) is 59.1 Å². The van der Waals surface area contributed by atoms with E-state index in [1.807, 2.05) is 4.90 Å². The minimum Gasteiger partial charge on any atom is -0.497 e. The summed E-state index contributed by atoms with van der Waals surface area (Å²) in [5, 5.41) is 0. The monoisotopic (exact) mass is 450 g/mol. The second-order valence-corrected chi connectivity index (χ2v) is 10.1. The molecule has 1 saturated carbocycles. The van der Waals surface area contributed by atoms with Gasteiger partial charge in [0.05, 0.1) is 25.2 Å². The Morgan fingerprint density at radius 3 is 1.97 bits per heavy atom. The maximum absolute atomic E-state index is 13.5. The van der Waals surface area contributed by atoms with Gasteiger partial charge in [-0.2, -0.15) is 0 Å². The van der Waals surface area contributed by atoms with Crippen LogP contribution in [0.25, 0.3) is 0 Å². The third-order valence-corrected chi connectivity index (χ3v) is 6.96. The van der Waals surface area contributed by atoms with E-state index in [-0.39, 0.29) is 22.6 Å². The molecule has 2 aromatic carbocycles. The number of nitrogens with zero attached hydrogens (tertiary/aromatic N) is 2. The van der Waals surface area contributed by atoms with Gasteiger partial charge in [0, 0.05) is 32.2 Å². The first-order chi connectivity index (χ1) is 15.7. The van der Waals surface area contributed by atoms with Gasteiger partial charge in [0.1, 0.15) is 11.5 Å². The molecule has 33 heavy (non-hydrogen) atoms. The normalized spacial score (nSPS) is 17.5. The molecule has 0 N–H and O–H groups in total. The van der Waals surface area contributed by atoms with E-state index in [2.05, 4.69) is 45.0 Å². The van der Waals surface area contributed by atoms with Gasteiger partial charge in [0.15, 0.2) is 0 Å². The van der Waals surface area contributed by atoms with Crippen molar-refractivity contribution < 1.29 is 19.1 Å². The fraction of sp³-hybridized carbons (Fsp3) is 0.481. The molecule has 4 rings (SSSR count). The van der Waals surface area contributed by atoms with E-state index in [1.165, 1.54) is 5.56 Å². The molecule has 1 saturated heterocycles. The molecule has 176 valence electrons. The predicted molar refractivity (Wildman–Crippen MR) is 128 cm³/mol. The van der Waals surface area contributed by atoms with E-state index in [0.29, 0.717) is 43.2 Å². The molecule has 1 aliphatic carbocycles. The van der Waals surface area contributed by atoms with Gasteiger partial charge in [-0.3, -0.25) is 9.59 Å². The van der Waals surface area contributed by atoms with Crippen molar-refractivity contribution >= 4 is 11.8 Å². The van der Waals surface area contributed by atoms with Crippen LogP contribution in [0.3, 0.4) is 0 Å². The number of benzene rings is 2. The quantitative estimate of drug-likeness (QED) is 0.691. The van der Waals surface area contributed by atoms with E-state index >= 15 is 0 Å². The average molecular weight is 451 g/mol. The van der Waals surface area contributed by atoms with E-state index < -0.39 is 0 Å². The second kappa shape index (κ2) is 8.73. The van der Waals surface area contributed by atoms with Gasteiger partial charge in [-0.15, -0.1) is 0 Å². The maximum atomic E-state index is 13.5. The van der Waals surface area contributed by atoms with E-state index in [0.717, 1.165) is 18.4 Å². The molecular weight excluding hydrogens is 416 g/mol. The minimum absolute atomic E-state index is 0.0829. The van der Waals surface area contributed by atoms with Gasteiger partial charge in [0.25, 0.3) is 5.91 Å². The lowest BCUT2D eigenvalue weighted by Crippen LogP contribution is -2.53. The highest BCUT2D eigenvalue weighted by Crippen LogP contribution is 2.50. The van der Waals surface area contributed by atoms with E-state index in [4.69, 9.17) is 9.47 Å². The molecule has 0 bridgehead atoms. The molecule has 0 spiro atoms. The van der Waals surface area contributed by atoms with Crippen LogP contribution in [0.5, 0.6) is 11.5 Å². The lowest BCUT2D eigenvalue weighted by atomic mass is 9.84. The van der Waals surface area contributed by atoms with Gasteiger partial charge in [-0.25, -0.2) is 0 Å². The second-order valence-electron chi connectivity index (χ2n) is 10.1. The van der Waals surface area contributed by atoms with Gasteiger partial charge < -0.3 is 19.3 Å². The Labute approximate surface area is 196 Å². The summed E-state index contributed by atoms with van der Waals surface area (Å²) in [6.45, 7) is 8.71. The highest BCUT2D eigenvalue weighted by Gasteiger charge is 2.53. The standard InChI is InChI=1S/C27H34N2O4/c1-26(2,3)19-6-8-20(9-7-19)27(12-13-27)25(31)29-16-14-28(15-17-29)24(30)22-11-10-21(32-4)18-23(22)33-5/h6-11,18H,12-17H2,1-5H3. The fourth-order valence-electron chi connectivity index (χ4n) is 4.60. The van der Waals surface area contributed by atoms with Crippen molar-refractivity contribution in [2.24, 2.45) is 0 Å². The highest BCUT2D eigenvalue weighted by molar-refractivity contribution is 5.97. The number of rotatable bonds is 5. The number of hydrogen-bond acceptors (Lipinski definition) is 4. The zero-order chi connectivity index (χ0) is 23.8. The van der Waals surface area contributed by atoms with Crippen molar-refractivity contribution in [2.75, 3.05) is 40.4 Å². The Balaban J connectivity index is 1.42. The van der Waals surface area contributed by atoms with Crippen LogP contribution in [0, 0.1) is 0 Å². The van der Waals surface area contributed by atoms with Crippen LogP contribution in [-0.2, 0) is 15.6 Å². The molecule has 0 atom stereocenters. The Kier molecular flexibility index (Phi) is 6.12. The van der Waals surface area contributed by atoms with Crippen molar-refractivity contribution in [1.29, 1.82) is 0 Å². The number of ether oxygens (including phenoxy) is 2. The number of carbonyl (C=O) groups is 2. The fourth-order valence-corrected chi connectivity index (χ4v) is 4.60. The summed E-state index contributed by atoms with van der Waals surface area (Å²) in [5.74, 6) is 1.25. The Morgan fingerprint density at radius 2 is 1.45 bits per heavy atom. The molecule has 2 fully saturated rings. The van der Waals surface area contributed by atoms with Crippen LogP contribution in [0.4, 0.5) is 0 Å².